The molecule has 0 bridgehead atoms. The van der Waals surface area contributed by atoms with E-state index in [0.29, 0.717) is 13.2 Å². The molecule has 0 radical (unpaired) electrons. The van der Waals surface area contributed by atoms with Gasteiger partial charge in [-0.1, -0.05) is 12.1 Å². The van der Waals surface area contributed by atoms with Gasteiger partial charge in [0.05, 0.1) is 19.7 Å². The number of carbonyl (C=O) groups is 2. The van der Waals surface area contributed by atoms with E-state index in [-0.39, 0.29) is 13.1 Å². The maximum Gasteiger partial charge on any atom is 0.317 e. The summed E-state index contributed by atoms with van der Waals surface area (Å²) in [6.07, 6.45) is 0.834. The lowest BCUT2D eigenvalue weighted by Gasteiger charge is -2.18. The number of aliphatic carboxylic acids is 2. The monoisotopic (exact) mass is 265 g/mol. The van der Waals surface area contributed by atoms with E-state index in [0.717, 1.165) is 23.3 Å². The summed E-state index contributed by atoms with van der Waals surface area (Å²) in [4.78, 5) is 22.8. The van der Waals surface area contributed by atoms with Gasteiger partial charge in [-0.3, -0.25) is 14.5 Å². The second-order valence-electron chi connectivity index (χ2n) is 4.47. The van der Waals surface area contributed by atoms with Gasteiger partial charge in [-0.2, -0.15) is 0 Å². The summed E-state index contributed by atoms with van der Waals surface area (Å²) >= 11 is 0. The van der Waals surface area contributed by atoms with Gasteiger partial charge in [0, 0.05) is 13.0 Å². The number of nitrogens with zero attached hydrogens (tertiary/aromatic N) is 1. The van der Waals surface area contributed by atoms with Crippen LogP contribution >= 0.6 is 0 Å². The summed E-state index contributed by atoms with van der Waals surface area (Å²) in [7, 11) is 0. The van der Waals surface area contributed by atoms with Crippen molar-refractivity contribution in [3.8, 4) is 5.75 Å². The third-order valence-corrected chi connectivity index (χ3v) is 2.88. The van der Waals surface area contributed by atoms with E-state index >= 15 is 0 Å². The first kappa shape index (κ1) is 13.4. The number of ether oxygens (including phenoxy) is 1. The minimum atomic E-state index is -1.04. The van der Waals surface area contributed by atoms with Crippen LogP contribution in [0.2, 0.25) is 0 Å². The average Bonchev–Trinajstić information content (AvgIpc) is 2.74. The molecule has 0 saturated heterocycles. The fourth-order valence-electron chi connectivity index (χ4n) is 2.15. The fourth-order valence-corrected chi connectivity index (χ4v) is 2.15. The number of carboxylic acids is 2. The van der Waals surface area contributed by atoms with Gasteiger partial charge in [-0.25, -0.2) is 0 Å². The average molecular weight is 265 g/mol. The first-order valence-corrected chi connectivity index (χ1v) is 5.95. The first-order valence-electron chi connectivity index (χ1n) is 5.95. The highest BCUT2D eigenvalue weighted by Gasteiger charge is 2.16. The summed E-state index contributed by atoms with van der Waals surface area (Å²) in [6, 6.07) is 5.62. The van der Waals surface area contributed by atoms with Gasteiger partial charge in [-0.15, -0.1) is 0 Å². The Kier molecular flexibility index (Phi) is 4.01. The molecule has 0 saturated carbocycles. The molecule has 6 heteroatoms. The van der Waals surface area contributed by atoms with Crippen molar-refractivity contribution in [1.82, 2.24) is 4.90 Å². The Morgan fingerprint density at radius 1 is 1.21 bits per heavy atom. The van der Waals surface area contributed by atoms with Crippen LogP contribution in [-0.2, 0) is 22.6 Å². The molecule has 2 N–H and O–H groups in total. The third kappa shape index (κ3) is 3.69. The quantitative estimate of drug-likeness (QED) is 0.783. The Labute approximate surface area is 110 Å². The predicted octanol–water partition coefficient (Wildman–Crippen LogP) is 0.593. The van der Waals surface area contributed by atoms with E-state index in [9.17, 15) is 9.59 Å². The van der Waals surface area contributed by atoms with Crippen LogP contribution < -0.4 is 4.74 Å². The van der Waals surface area contributed by atoms with Gasteiger partial charge < -0.3 is 14.9 Å². The smallest absolute Gasteiger partial charge is 0.317 e. The minimum Gasteiger partial charge on any atom is -0.493 e. The Balaban J connectivity index is 2.07. The molecule has 0 spiro atoms. The van der Waals surface area contributed by atoms with Crippen LogP contribution in [0.3, 0.4) is 0 Å². The Morgan fingerprint density at radius 3 is 2.53 bits per heavy atom. The van der Waals surface area contributed by atoms with Gasteiger partial charge in [0.25, 0.3) is 0 Å². The van der Waals surface area contributed by atoms with E-state index in [1.54, 1.807) is 0 Å². The van der Waals surface area contributed by atoms with Crippen molar-refractivity contribution in [1.29, 1.82) is 0 Å². The van der Waals surface area contributed by atoms with Gasteiger partial charge in [0.2, 0.25) is 0 Å². The van der Waals surface area contributed by atoms with E-state index in [2.05, 4.69) is 0 Å². The van der Waals surface area contributed by atoms with Crippen LogP contribution in [0, 0.1) is 0 Å². The molecule has 1 aromatic rings. The number of rotatable bonds is 6. The van der Waals surface area contributed by atoms with Crippen LogP contribution in [0.1, 0.15) is 11.1 Å². The van der Waals surface area contributed by atoms with Crippen molar-refractivity contribution in [3.05, 3.63) is 29.3 Å². The Morgan fingerprint density at radius 2 is 1.89 bits per heavy atom. The Bertz CT molecular complexity index is 484. The maximum atomic E-state index is 10.7. The largest absolute Gasteiger partial charge is 0.493 e. The topological polar surface area (TPSA) is 87.1 Å². The van der Waals surface area contributed by atoms with Crippen molar-refractivity contribution in [2.45, 2.75) is 13.0 Å². The van der Waals surface area contributed by atoms with E-state index < -0.39 is 11.9 Å². The molecule has 0 atom stereocenters. The number of benzene rings is 1. The molecule has 6 nitrogen and oxygen atoms in total. The number of fused-ring (bicyclic) bond motifs is 1. The lowest BCUT2D eigenvalue weighted by atomic mass is 10.1. The van der Waals surface area contributed by atoms with Gasteiger partial charge in [0.15, 0.2) is 0 Å². The highest BCUT2D eigenvalue weighted by molar-refractivity contribution is 5.72. The van der Waals surface area contributed by atoms with E-state index in [1.165, 1.54) is 4.90 Å². The van der Waals surface area contributed by atoms with Crippen molar-refractivity contribution in [2.75, 3.05) is 19.7 Å². The van der Waals surface area contributed by atoms with E-state index in [4.69, 9.17) is 14.9 Å². The molecular weight excluding hydrogens is 250 g/mol. The van der Waals surface area contributed by atoms with Crippen LogP contribution in [0.4, 0.5) is 0 Å². The molecule has 0 amide bonds. The molecule has 1 aromatic carbocycles. The van der Waals surface area contributed by atoms with Crippen LogP contribution in [0.25, 0.3) is 0 Å². The summed E-state index contributed by atoms with van der Waals surface area (Å²) in [6.45, 7) is 0.373. The lowest BCUT2D eigenvalue weighted by molar-refractivity contribution is -0.142. The molecule has 102 valence electrons. The molecule has 2 rings (SSSR count). The van der Waals surface area contributed by atoms with Crippen LogP contribution in [-0.4, -0.2) is 46.7 Å². The molecule has 1 aliphatic rings. The van der Waals surface area contributed by atoms with Crippen molar-refractivity contribution >= 4 is 11.9 Å². The molecule has 0 fully saturated rings. The first-order chi connectivity index (χ1) is 9.04. The minimum absolute atomic E-state index is 0.292. The summed E-state index contributed by atoms with van der Waals surface area (Å²) in [5.74, 6) is -1.22. The highest BCUT2D eigenvalue weighted by Crippen LogP contribution is 2.26. The van der Waals surface area contributed by atoms with Crippen molar-refractivity contribution in [3.63, 3.8) is 0 Å². The SMILES string of the molecule is O=C(O)CN(CC(=O)O)Cc1ccc2c(c1)CCO2. The molecule has 0 aromatic heterocycles. The molecule has 0 unspecified atom stereocenters. The second kappa shape index (κ2) is 5.71. The number of hydrogen-bond donors (Lipinski definition) is 2. The summed E-state index contributed by atoms with van der Waals surface area (Å²) < 4.78 is 5.39. The zero-order valence-electron chi connectivity index (χ0n) is 10.3. The van der Waals surface area contributed by atoms with Crippen molar-refractivity contribution < 1.29 is 24.5 Å². The van der Waals surface area contributed by atoms with Gasteiger partial charge in [0.1, 0.15) is 5.75 Å². The Hall–Kier alpha value is -2.08. The van der Waals surface area contributed by atoms with E-state index in [1.807, 2.05) is 18.2 Å². The number of hydrogen-bond acceptors (Lipinski definition) is 4. The van der Waals surface area contributed by atoms with Crippen LogP contribution in [0.5, 0.6) is 5.75 Å². The highest BCUT2D eigenvalue weighted by atomic mass is 16.5. The standard InChI is InChI=1S/C13H15NO5/c15-12(16)7-14(8-13(17)18)6-9-1-2-11-10(5-9)3-4-19-11/h1-2,5H,3-4,6-8H2,(H,15,16)(H,17,18). The fraction of sp³-hybridized carbons (Fsp3) is 0.385. The molecule has 0 aliphatic carbocycles. The zero-order chi connectivity index (χ0) is 13.8. The summed E-state index contributed by atoms with van der Waals surface area (Å²) in [5.41, 5.74) is 1.98. The second-order valence-corrected chi connectivity index (χ2v) is 4.47. The van der Waals surface area contributed by atoms with Crippen molar-refractivity contribution in [2.24, 2.45) is 0 Å². The van der Waals surface area contributed by atoms with Crippen LogP contribution in [0.15, 0.2) is 18.2 Å². The summed E-state index contributed by atoms with van der Waals surface area (Å²) in [5, 5.41) is 17.6. The molecular formula is C13H15NO5. The van der Waals surface area contributed by atoms with Gasteiger partial charge >= 0.3 is 11.9 Å². The third-order valence-electron chi connectivity index (χ3n) is 2.88. The zero-order valence-corrected chi connectivity index (χ0v) is 10.3. The number of carboxylic acid groups (broad SMARTS) is 2. The maximum absolute atomic E-state index is 10.7. The normalized spacial score (nSPS) is 13.1. The van der Waals surface area contributed by atoms with Gasteiger partial charge in [-0.05, 0) is 17.2 Å². The molecule has 1 heterocycles. The molecule has 19 heavy (non-hydrogen) atoms. The predicted molar refractivity (Wildman–Crippen MR) is 66.2 cm³/mol. The lowest BCUT2D eigenvalue weighted by Crippen LogP contribution is -2.33. The molecule has 1 aliphatic heterocycles.